The smallest absolute Gasteiger partial charge is 0.252 e. The summed E-state index contributed by atoms with van der Waals surface area (Å²) in [7, 11) is 0. The zero-order valence-corrected chi connectivity index (χ0v) is 10.6. The van der Waals surface area contributed by atoms with Crippen LogP contribution in [0.15, 0.2) is 53.7 Å². The lowest BCUT2D eigenvalue weighted by Crippen LogP contribution is -2.21. The van der Waals surface area contributed by atoms with E-state index in [4.69, 9.17) is 0 Å². The predicted octanol–water partition coefficient (Wildman–Crippen LogP) is 2.15. The Hall–Kier alpha value is -2.49. The highest BCUT2D eigenvalue weighted by Gasteiger charge is 2.06. The molecule has 2 heterocycles. The Morgan fingerprint density at radius 1 is 1.16 bits per heavy atom. The Morgan fingerprint density at radius 2 is 2.00 bits per heavy atom. The summed E-state index contributed by atoms with van der Waals surface area (Å²) in [6.45, 7) is 2.57. The zero-order valence-electron chi connectivity index (χ0n) is 10.6. The number of pyridine rings is 1. The van der Waals surface area contributed by atoms with Gasteiger partial charge in [0.05, 0.1) is 6.54 Å². The van der Waals surface area contributed by atoms with Crippen LogP contribution in [0.3, 0.4) is 0 Å². The molecule has 4 nitrogen and oxygen atoms in total. The maximum absolute atomic E-state index is 12.1. The Bertz CT molecular complexity index is 792. The fraction of sp³-hybridized carbons (Fsp3) is 0.133. The Labute approximate surface area is 110 Å². The first kappa shape index (κ1) is 11.6. The number of fused-ring (bicyclic) bond motifs is 1. The van der Waals surface area contributed by atoms with Gasteiger partial charge in [-0.25, -0.2) is 9.97 Å². The number of rotatable bonds is 2. The third kappa shape index (κ3) is 2.12. The minimum absolute atomic E-state index is 0.0468. The molecule has 0 unspecified atom stereocenters. The average molecular weight is 251 g/mol. The number of benzene rings is 1. The molecule has 3 aromatic rings. The van der Waals surface area contributed by atoms with Crippen LogP contribution < -0.4 is 5.56 Å². The Balaban J connectivity index is 2.18. The van der Waals surface area contributed by atoms with Gasteiger partial charge >= 0.3 is 0 Å². The standard InChI is InChI=1S/C15H13N3O/c1-11-4-2-3-5-13(11)9-18-14(19)7-6-12-8-16-10-17-15(12)18/h2-8,10H,9H2,1H3. The predicted molar refractivity (Wildman–Crippen MR) is 74.1 cm³/mol. The summed E-state index contributed by atoms with van der Waals surface area (Å²) in [6.07, 6.45) is 3.19. The molecule has 0 N–H and O–H groups in total. The second-order valence-corrected chi connectivity index (χ2v) is 4.49. The summed E-state index contributed by atoms with van der Waals surface area (Å²) in [5.41, 5.74) is 2.91. The van der Waals surface area contributed by atoms with Crippen LogP contribution in [-0.4, -0.2) is 14.5 Å². The van der Waals surface area contributed by atoms with Crippen molar-refractivity contribution in [2.24, 2.45) is 0 Å². The average Bonchev–Trinajstić information content (AvgIpc) is 2.44. The number of nitrogens with zero attached hydrogens (tertiary/aromatic N) is 3. The van der Waals surface area contributed by atoms with Crippen LogP contribution in [0, 0.1) is 6.92 Å². The maximum Gasteiger partial charge on any atom is 0.252 e. The molecule has 2 aromatic heterocycles. The van der Waals surface area contributed by atoms with Gasteiger partial charge in [0.25, 0.3) is 5.56 Å². The molecule has 94 valence electrons. The van der Waals surface area contributed by atoms with E-state index < -0.39 is 0 Å². The van der Waals surface area contributed by atoms with Crippen LogP contribution in [0.2, 0.25) is 0 Å². The fourth-order valence-electron chi connectivity index (χ4n) is 2.14. The van der Waals surface area contributed by atoms with Gasteiger partial charge in [0.2, 0.25) is 0 Å². The van der Waals surface area contributed by atoms with E-state index in [2.05, 4.69) is 9.97 Å². The Morgan fingerprint density at radius 3 is 2.84 bits per heavy atom. The van der Waals surface area contributed by atoms with Crippen LogP contribution in [-0.2, 0) is 6.54 Å². The molecule has 0 saturated carbocycles. The van der Waals surface area contributed by atoms with Crippen molar-refractivity contribution in [3.63, 3.8) is 0 Å². The summed E-state index contributed by atoms with van der Waals surface area (Å²) < 4.78 is 1.68. The third-order valence-electron chi connectivity index (χ3n) is 3.24. The molecule has 0 aliphatic heterocycles. The first-order valence-corrected chi connectivity index (χ1v) is 6.10. The first-order valence-electron chi connectivity index (χ1n) is 6.10. The highest BCUT2D eigenvalue weighted by molar-refractivity contribution is 5.73. The second kappa shape index (κ2) is 4.65. The molecule has 0 amide bonds. The molecule has 4 heteroatoms. The van der Waals surface area contributed by atoms with E-state index in [1.165, 1.54) is 11.9 Å². The molecule has 0 bridgehead atoms. The van der Waals surface area contributed by atoms with Gasteiger partial charge in [-0.1, -0.05) is 24.3 Å². The number of hydrogen-bond donors (Lipinski definition) is 0. The molecular formula is C15H13N3O. The van der Waals surface area contributed by atoms with Gasteiger partial charge in [0.15, 0.2) is 0 Å². The van der Waals surface area contributed by atoms with E-state index in [9.17, 15) is 4.79 Å². The summed E-state index contributed by atoms with van der Waals surface area (Å²) in [5, 5.41) is 0.871. The van der Waals surface area contributed by atoms with Crippen molar-refractivity contribution < 1.29 is 0 Å². The molecule has 0 radical (unpaired) electrons. The third-order valence-corrected chi connectivity index (χ3v) is 3.24. The lowest BCUT2D eigenvalue weighted by Gasteiger charge is -2.10. The lowest BCUT2D eigenvalue weighted by atomic mass is 10.1. The minimum atomic E-state index is -0.0468. The van der Waals surface area contributed by atoms with Gasteiger partial charge in [0.1, 0.15) is 12.0 Å². The number of aromatic nitrogens is 3. The maximum atomic E-state index is 12.1. The topological polar surface area (TPSA) is 47.8 Å². The van der Waals surface area contributed by atoms with Crippen LogP contribution in [0.1, 0.15) is 11.1 Å². The van der Waals surface area contributed by atoms with Gasteiger partial charge in [-0.05, 0) is 24.1 Å². The molecule has 0 spiro atoms. The minimum Gasteiger partial charge on any atom is -0.288 e. The van der Waals surface area contributed by atoms with Crippen molar-refractivity contribution in [2.75, 3.05) is 0 Å². The fourth-order valence-corrected chi connectivity index (χ4v) is 2.14. The molecule has 3 rings (SSSR count). The molecule has 0 saturated heterocycles. The second-order valence-electron chi connectivity index (χ2n) is 4.49. The van der Waals surface area contributed by atoms with Crippen LogP contribution in [0.5, 0.6) is 0 Å². The van der Waals surface area contributed by atoms with E-state index in [0.29, 0.717) is 12.2 Å². The van der Waals surface area contributed by atoms with Crippen LogP contribution in [0.4, 0.5) is 0 Å². The van der Waals surface area contributed by atoms with Crippen molar-refractivity contribution in [1.82, 2.24) is 14.5 Å². The quantitative estimate of drug-likeness (QED) is 0.701. The summed E-state index contributed by atoms with van der Waals surface area (Å²) >= 11 is 0. The zero-order chi connectivity index (χ0) is 13.2. The molecule has 0 atom stereocenters. The van der Waals surface area contributed by atoms with Gasteiger partial charge in [-0.15, -0.1) is 0 Å². The lowest BCUT2D eigenvalue weighted by molar-refractivity contribution is 0.777. The van der Waals surface area contributed by atoms with E-state index in [1.54, 1.807) is 22.9 Å². The molecule has 19 heavy (non-hydrogen) atoms. The monoisotopic (exact) mass is 251 g/mol. The molecular weight excluding hydrogens is 238 g/mol. The van der Waals surface area contributed by atoms with E-state index >= 15 is 0 Å². The summed E-state index contributed by atoms with van der Waals surface area (Å²) in [5.74, 6) is 0. The largest absolute Gasteiger partial charge is 0.288 e. The normalized spacial score (nSPS) is 10.8. The number of hydrogen-bond acceptors (Lipinski definition) is 3. The highest BCUT2D eigenvalue weighted by atomic mass is 16.1. The number of aryl methyl sites for hydroxylation is 1. The van der Waals surface area contributed by atoms with Crippen molar-refractivity contribution in [3.8, 4) is 0 Å². The van der Waals surface area contributed by atoms with Crippen LogP contribution in [0.25, 0.3) is 11.0 Å². The molecule has 1 aromatic carbocycles. The van der Waals surface area contributed by atoms with E-state index in [-0.39, 0.29) is 5.56 Å². The Kier molecular flexibility index (Phi) is 2.83. The molecule has 0 aliphatic carbocycles. The molecule has 0 fully saturated rings. The summed E-state index contributed by atoms with van der Waals surface area (Å²) in [6, 6.07) is 11.4. The van der Waals surface area contributed by atoms with E-state index in [1.807, 2.05) is 31.2 Å². The highest BCUT2D eigenvalue weighted by Crippen LogP contribution is 2.12. The first-order chi connectivity index (χ1) is 9.25. The van der Waals surface area contributed by atoms with Gasteiger partial charge in [-0.3, -0.25) is 9.36 Å². The van der Waals surface area contributed by atoms with Gasteiger partial charge in [0, 0.05) is 17.6 Å². The van der Waals surface area contributed by atoms with Gasteiger partial charge in [-0.2, -0.15) is 0 Å². The van der Waals surface area contributed by atoms with E-state index in [0.717, 1.165) is 10.9 Å². The molecule has 0 aliphatic rings. The summed E-state index contributed by atoms with van der Waals surface area (Å²) in [4.78, 5) is 20.3. The van der Waals surface area contributed by atoms with Crippen molar-refractivity contribution in [1.29, 1.82) is 0 Å². The SMILES string of the molecule is Cc1ccccc1Cn1c(=O)ccc2cncnc21. The van der Waals surface area contributed by atoms with Gasteiger partial charge < -0.3 is 0 Å². The van der Waals surface area contributed by atoms with Crippen molar-refractivity contribution in [3.05, 3.63) is 70.4 Å². The van der Waals surface area contributed by atoms with Crippen molar-refractivity contribution >= 4 is 11.0 Å². The van der Waals surface area contributed by atoms with Crippen LogP contribution >= 0.6 is 0 Å². The van der Waals surface area contributed by atoms with Crippen molar-refractivity contribution in [2.45, 2.75) is 13.5 Å².